The van der Waals surface area contributed by atoms with E-state index in [-0.39, 0.29) is 11.9 Å². The van der Waals surface area contributed by atoms with Crippen LogP contribution in [0.25, 0.3) is 0 Å². The van der Waals surface area contributed by atoms with Gasteiger partial charge in [-0.15, -0.1) is 0 Å². The van der Waals surface area contributed by atoms with Crippen LogP contribution in [-0.2, 0) is 0 Å². The summed E-state index contributed by atoms with van der Waals surface area (Å²) >= 11 is 5.93. The molecule has 0 aliphatic heterocycles. The molecule has 1 atom stereocenters. The average molecular weight is 302 g/mol. The Kier molecular flexibility index (Phi) is 5.03. The van der Waals surface area contributed by atoms with E-state index in [4.69, 9.17) is 11.6 Å². The zero-order valence-corrected chi connectivity index (χ0v) is 13.4. The summed E-state index contributed by atoms with van der Waals surface area (Å²) in [6.07, 6.45) is 0.842. The Morgan fingerprint density at radius 1 is 1.14 bits per heavy atom. The molecule has 3 heteroatoms. The molecule has 0 unspecified atom stereocenters. The number of rotatable bonds is 4. The van der Waals surface area contributed by atoms with Gasteiger partial charge in [0.25, 0.3) is 5.91 Å². The van der Waals surface area contributed by atoms with Gasteiger partial charge >= 0.3 is 0 Å². The van der Waals surface area contributed by atoms with Crippen LogP contribution in [-0.4, -0.2) is 5.91 Å². The Morgan fingerprint density at radius 2 is 1.90 bits per heavy atom. The first-order chi connectivity index (χ1) is 10.0. The van der Waals surface area contributed by atoms with Crippen molar-refractivity contribution in [2.75, 3.05) is 0 Å². The smallest absolute Gasteiger partial charge is 0.251 e. The molecule has 110 valence electrons. The zero-order chi connectivity index (χ0) is 15.4. The topological polar surface area (TPSA) is 29.1 Å². The first-order valence-electron chi connectivity index (χ1n) is 7.15. The fourth-order valence-corrected chi connectivity index (χ4v) is 2.46. The molecule has 1 amide bonds. The molecule has 0 saturated carbocycles. The lowest BCUT2D eigenvalue weighted by molar-refractivity contribution is 0.0935. The van der Waals surface area contributed by atoms with Gasteiger partial charge in [-0.2, -0.15) is 0 Å². The van der Waals surface area contributed by atoms with E-state index < -0.39 is 0 Å². The number of aryl methyl sites for hydroxylation is 2. The number of halogens is 1. The molecule has 0 saturated heterocycles. The molecule has 0 fully saturated rings. The summed E-state index contributed by atoms with van der Waals surface area (Å²) in [5.74, 6) is -0.0948. The van der Waals surface area contributed by atoms with Crippen LogP contribution in [0.15, 0.2) is 42.5 Å². The lowest BCUT2D eigenvalue weighted by Gasteiger charge is -2.18. The molecule has 21 heavy (non-hydrogen) atoms. The zero-order valence-electron chi connectivity index (χ0n) is 12.6. The molecule has 0 bridgehead atoms. The molecule has 0 aliphatic carbocycles. The second kappa shape index (κ2) is 6.77. The summed E-state index contributed by atoms with van der Waals surface area (Å²) in [7, 11) is 0. The van der Waals surface area contributed by atoms with Gasteiger partial charge < -0.3 is 5.32 Å². The highest BCUT2D eigenvalue weighted by atomic mass is 35.5. The number of carbonyl (C=O) groups is 1. The normalized spacial score (nSPS) is 12.0. The summed E-state index contributed by atoms with van der Waals surface area (Å²) < 4.78 is 0. The van der Waals surface area contributed by atoms with Gasteiger partial charge in [0.15, 0.2) is 0 Å². The summed E-state index contributed by atoms with van der Waals surface area (Å²) in [6, 6.07) is 13.3. The fourth-order valence-electron chi connectivity index (χ4n) is 2.27. The lowest BCUT2D eigenvalue weighted by Crippen LogP contribution is -2.28. The van der Waals surface area contributed by atoms with E-state index in [1.54, 1.807) is 24.3 Å². The summed E-state index contributed by atoms with van der Waals surface area (Å²) in [5.41, 5.74) is 4.22. The van der Waals surface area contributed by atoms with Crippen molar-refractivity contribution in [3.63, 3.8) is 0 Å². The van der Waals surface area contributed by atoms with Crippen LogP contribution in [0.1, 0.15) is 46.4 Å². The van der Waals surface area contributed by atoms with E-state index in [2.05, 4.69) is 44.3 Å². The Labute approximate surface area is 131 Å². The van der Waals surface area contributed by atoms with Crippen molar-refractivity contribution in [2.45, 2.75) is 33.2 Å². The SMILES string of the molecule is CC[C@H](NC(=O)c1cccc(Cl)c1)c1ccc(C)c(C)c1. The van der Waals surface area contributed by atoms with Gasteiger partial charge in [-0.05, 0) is 55.2 Å². The van der Waals surface area contributed by atoms with Gasteiger partial charge in [-0.1, -0.05) is 42.8 Å². The van der Waals surface area contributed by atoms with Crippen molar-refractivity contribution in [2.24, 2.45) is 0 Å². The molecule has 2 rings (SSSR count). The van der Waals surface area contributed by atoms with E-state index >= 15 is 0 Å². The first-order valence-corrected chi connectivity index (χ1v) is 7.52. The molecular formula is C18H20ClNO. The standard InChI is InChI=1S/C18H20ClNO/c1-4-17(14-9-8-12(2)13(3)10-14)20-18(21)15-6-5-7-16(19)11-15/h5-11,17H,4H2,1-3H3,(H,20,21)/t17-/m0/s1. The van der Waals surface area contributed by atoms with Crippen LogP contribution in [0.2, 0.25) is 5.02 Å². The quantitative estimate of drug-likeness (QED) is 0.860. The molecular weight excluding hydrogens is 282 g/mol. The predicted octanol–water partition coefficient (Wildman–Crippen LogP) is 4.84. The number of amides is 1. The Hall–Kier alpha value is -1.80. The third kappa shape index (κ3) is 3.85. The second-order valence-corrected chi connectivity index (χ2v) is 5.72. The van der Waals surface area contributed by atoms with Crippen molar-refractivity contribution in [1.82, 2.24) is 5.32 Å². The third-order valence-electron chi connectivity index (χ3n) is 3.73. The van der Waals surface area contributed by atoms with E-state index in [0.29, 0.717) is 10.6 Å². The van der Waals surface area contributed by atoms with E-state index in [1.165, 1.54) is 11.1 Å². The van der Waals surface area contributed by atoms with Crippen LogP contribution < -0.4 is 5.32 Å². The van der Waals surface area contributed by atoms with Crippen molar-refractivity contribution < 1.29 is 4.79 Å². The molecule has 2 nitrogen and oxygen atoms in total. The van der Waals surface area contributed by atoms with Crippen molar-refractivity contribution in [1.29, 1.82) is 0 Å². The number of hydrogen-bond acceptors (Lipinski definition) is 1. The Balaban J connectivity index is 2.18. The minimum atomic E-state index is -0.0948. The van der Waals surface area contributed by atoms with Gasteiger partial charge in [0, 0.05) is 10.6 Å². The molecule has 1 N–H and O–H groups in total. The Bertz CT molecular complexity index is 651. The second-order valence-electron chi connectivity index (χ2n) is 5.29. The Morgan fingerprint density at radius 3 is 2.52 bits per heavy atom. The summed E-state index contributed by atoms with van der Waals surface area (Å²) in [4.78, 5) is 12.3. The number of nitrogens with one attached hydrogen (secondary N) is 1. The molecule has 0 spiro atoms. The highest BCUT2D eigenvalue weighted by molar-refractivity contribution is 6.30. The molecule has 0 aromatic heterocycles. The van der Waals surface area contributed by atoms with Crippen LogP contribution in [0, 0.1) is 13.8 Å². The predicted molar refractivity (Wildman–Crippen MR) is 87.9 cm³/mol. The van der Waals surface area contributed by atoms with Crippen LogP contribution in [0.3, 0.4) is 0 Å². The van der Waals surface area contributed by atoms with Crippen LogP contribution in [0.4, 0.5) is 0 Å². The monoisotopic (exact) mass is 301 g/mol. The molecule has 2 aromatic rings. The van der Waals surface area contributed by atoms with Gasteiger partial charge in [-0.25, -0.2) is 0 Å². The fraction of sp³-hybridized carbons (Fsp3) is 0.278. The third-order valence-corrected chi connectivity index (χ3v) is 3.97. The van der Waals surface area contributed by atoms with Gasteiger partial charge in [0.2, 0.25) is 0 Å². The van der Waals surface area contributed by atoms with Gasteiger partial charge in [0.05, 0.1) is 6.04 Å². The van der Waals surface area contributed by atoms with Crippen molar-refractivity contribution in [3.05, 3.63) is 69.7 Å². The molecule has 0 aliphatic rings. The summed E-state index contributed by atoms with van der Waals surface area (Å²) in [6.45, 7) is 6.24. The van der Waals surface area contributed by atoms with E-state index in [9.17, 15) is 4.79 Å². The average Bonchev–Trinajstić information content (AvgIpc) is 2.47. The highest BCUT2D eigenvalue weighted by Crippen LogP contribution is 2.21. The first kappa shape index (κ1) is 15.6. The number of benzene rings is 2. The maximum absolute atomic E-state index is 12.3. The largest absolute Gasteiger partial charge is 0.345 e. The molecule has 2 aromatic carbocycles. The van der Waals surface area contributed by atoms with E-state index in [1.807, 2.05) is 0 Å². The minimum absolute atomic E-state index is 0.00998. The van der Waals surface area contributed by atoms with Crippen molar-refractivity contribution >= 4 is 17.5 Å². The summed E-state index contributed by atoms with van der Waals surface area (Å²) in [5, 5.41) is 3.65. The maximum atomic E-state index is 12.3. The van der Waals surface area contributed by atoms with Gasteiger partial charge in [0.1, 0.15) is 0 Å². The lowest BCUT2D eigenvalue weighted by atomic mass is 9.99. The van der Waals surface area contributed by atoms with E-state index in [0.717, 1.165) is 12.0 Å². The highest BCUT2D eigenvalue weighted by Gasteiger charge is 2.14. The molecule has 0 radical (unpaired) electrons. The minimum Gasteiger partial charge on any atom is -0.345 e. The maximum Gasteiger partial charge on any atom is 0.251 e. The van der Waals surface area contributed by atoms with Crippen molar-refractivity contribution in [3.8, 4) is 0 Å². The number of carbonyl (C=O) groups excluding carboxylic acids is 1. The van der Waals surface area contributed by atoms with Gasteiger partial charge in [-0.3, -0.25) is 4.79 Å². The van der Waals surface area contributed by atoms with Crippen LogP contribution in [0.5, 0.6) is 0 Å². The number of hydrogen-bond donors (Lipinski definition) is 1. The van der Waals surface area contributed by atoms with Crippen LogP contribution >= 0.6 is 11.6 Å². The molecule has 0 heterocycles.